The maximum absolute atomic E-state index is 5.35. The third kappa shape index (κ3) is 3.22. The van der Waals surface area contributed by atoms with E-state index in [0.717, 1.165) is 23.3 Å². The van der Waals surface area contributed by atoms with Crippen LogP contribution in [0.5, 0.6) is 0 Å². The van der Waals surface area contributed by atoms with Gasteiger partial charge in [0.2, 0.25) is 0 Å². The Morgan fingerprint density at radius 1 is 1.55 bits per heavy atom. The van der Waals surface area contributed by atoms with Crippen LogP contribution in [0.15, 0.2) is 15.9 Å². The number of halogens is 1. The average Bonchev–Trinajstić information content (AvgIpc) is 2.37. The summed E-state index contributed by atoms with van der Waals surface area (Å²) >= 11 is 5.10. The predicted molar refractivity (Wildman–Crippen MR) is 54.2 cm³/mol. The van der Waals surface area contributed by atoms with Crippen LogP contribution in [-0.2, 0) is 0 Å². The van der Waals surface area contributed by atoms with Crippen molar-refractivity contribution in [3.05, 3.63) is 15.9 Å². The molecule has 4 heteroatoms. The molecule has 0 saturated carbocycles. The fourth-order valence-electron chi connectivity index (χ4n) is 0.723. The van der Waals surface area contributed by atoms with Crippen LogP contribution in [0.2, 0.25) is 0 Å². The van der Waals surface area contributed by atoms with Crippen LogP contribution in [0.4, 0.5) is 5.00 Å². The van der Waals surface area contributed by atoms with Crippen molar-refractivity contribution in [2.45, 2.75) is 6.42 Å². The van der Waals surface area contributed by atoms with Crippen LogP contribution in [0.1, 0.15) is 6.42 Å². The normalized spacial score (nSPS) is 10.0. The smallest absolute Gasteiger partial charge is 0.0894 e. The van der Waals surface area contributed by atoms with E-state index in [1.807, 2.05) is 6.07 Å². The molecule has 0 aliphatic heterocycles. The Labute approximate surface area is 78.9 Å². The summed E-state index contributed by atoms with van der Waals surface area (Å²) in [5.74, 6) is 0. The lowest BCUT2D eigenvalue weighted by atomic mass is 10.4. The Kier molecular flexibility index (Phi) is 3.90. The van der Waals surface area contributed by atoms with Gasteiger partial charge in [-0.3, -0.25) is 0 Å². The van der Waals surface area contributed by atoms with Gasteiger partial charge in [-0.15, -0.1) is 11.3 Å². The Morgan fingerprint density at radius 2 is 2.36 bits per heavy atom. The molecule has 62 valence electrons. The lowest BCUT2D eigenvalue weighted by molar-refractivity contribution is 0.876. The molecule has 1 heterocycles. The van der Waals surface area contributed by atoms with E-state index >= 15 is 0 Å². The first-order valence-electron chi connectivity index (χ1n) is 3.52. The van der Waals surface area contributed by atoms with Crippen molar-refractivity contribution >= 4 is 32.3 Å². The molecule has 0 radical (unpaired) electrons. The highest BCUT2D eigenvalue weighted by Crippen LogP contribution is 2.26. The molecule has 0 aliphatic carbocycles. The summed E-state index contributed by atoms with van der Waals surface area (Å²) in [5, 5.41) is 4.47. The highest BCUT2D eigenvalue weighted by atomic mass is 79.9. The quantitative estimate of drug-likeness (QED) is 0.785. The van der Waals surface area contributed by atoms with E-state index in [0.29, 0.717) is 0 Å². The van der Waals surface area contributed by atoms with Crippen LogP contribution in [0.25, 0.3) is 0 Å². The SMILES string of the molecule is NCCCNc1ccc(Br)s1. The van der Waals surface area contributed by atoms with Gasteiger partial charge in [0.05, 0.1) is 8.79 Å². The second kappa shape index (κ2) is 4.74. The van der Waals surface area contributed by atoms with Crippen LogP contribution in [0, 0.1) is 0 Å². The number of thiophene rings is 1. The molecule has 3 N–H and O–H groups in total. The van der Waals surface area contributed by atoms with Gasteiger partial charge >= 0.3 is 0 Å². The van der Waals surface area contributed by atoms with E-state index in [-0.39, 0.29) is 0 Å². The Bertz CT molecular complexity index is 212. The van der Waals surface area contributed by atoms with E-state index in [4.69, 9.17) is 5.73 Å². The predicted octanol–water partition coefficient (Wildman–Crippen LogP) is 2.27. The minimum absolute atomic E-state index is 0.750. The van der Waals surface area contributed by atoms with Gasteiger partial charge in [-0.1, -0.05) is 0 Å². The van der Waals surface area contributed by atoms with Gasteiger partial charge in [-0.2, -0.15) is 0 Å². The van der Waals surface area contributed by atoms with Crippen molar-refractivity contribution in [2.24, 2.45) is 5.73 Å². The van der Waals surface area contributed by atoms with Gasteiger partial charge in [0.15, 0.2) is 0 Å². The van der Waals surface area contributed by atoms with Crippen LogP contribution in [-0.4, -0.2) is 13.1 Å². The van der Waals surface area contributed by atoms with E-state index < -0.39 is 0 Å². The second-order valence-electron chi connectivity index (χ2n) is 2.17. The number of hydrogen-bond donors (Lipinski definition) is 2. The first-order valence-corrected chi connectivity index (χ1v) is 5.13. The maximum atomic E-state index is 5.35. The molecule has 0 aliphatic rings. The molecule has 1 aromatic rings. The van der Waals surface area contributed by atoms with Gasteiger partial charge in [-0.25, -0.2) is 0 Å². The molecule has 1 rings (SSSR count). The molecule has 0 atom stereocenters. The first kappa shape index (κ1) is 9.03. The third-order valence-corrected chi connectivity index (χ3v) is 2.83. The van der Waals surface area contributed by atoms with Crippen LogP contribution in [0.3, 0.4) is 0 Å². The lowest BCUT2D eigenvalue weighted by Gasteiger charge is -1.99. The number of rotatable bonds is 4. The van der Waals surface area contributed by atoms with Crippen molar-refractivity contribution in [1.29, 1.82) is 0 Å². The van der Waals surface area contributed by atoms with Gasteiger partial charge in [0, 0.05) is 6.54 Å². The van der Waals surface area contributed by atoms with Crippen molar-refractivity contribution in [1.82, 2.24) is 0 Å². The topological polar surface area (TPSA) is 38.0 Å². The largest absolute Gasteiger partial charge is 0.377 e. The van der Waals surface area contributed by atoms with Crippen molar-refractivity contribution < 1.29 is 0 Å². The lowest BCUT2D eigenvalue weighted by Crippen LogP contribution is -2.07. The van der Waals surface area contributed by atoms with E-state index in [9.17, 15) is 0 Å². The Hall–Kier alpha value is -0.0600. The van der Waals surface area contributed by atoms with Gasteiger partial charge < -0.3 is 11.1 Å². The highest BCUT2D eigenvalue weighted by molar-refractivity contribution is 9.11. The maximum Gasteiger partial charge on any atom is 0.0894 e. The summed E-state index contributed by atoms with van der Waals surface area (Å²) in [6.07, 6.45) is 1.02. The molecule has 1 aromatic heterocycles. The minimum atomic E-state index is 0.750. The summed E-state index contributed by atoms with van der Waals surface area (Å²) in [6.45, 7) is 1.71. The zero-order chi connectivity index (χ0) is 8.10. The highest BCUT2D eigenvalue weighted by Gasteiger charge is 1.94. The van der Waals surface area contributed by atoms with Crippen LogP contribution < -0.4 is 11.1 Å². The molecule has 11 heavy (non-hydrogen) atoms. The molecular formula is C7H11BrN2S. The van der Waals surface area contributed by atoms with Crippen molar-refractivity contribution in [2.75, 3.05) is 18.4 Å². The molecule has 2 nitrogen and oxygen atoms in total. The standard InChI is InChI=1S/C7H11BrN2S/c8-6-2-3-7(11-6)10-5-1-4-9/h2-3,10H,1,4-5,9H2. The number of hydrogen-bond acceptors (Lipinski definition) is 3. The minimum Gasteiger partial charge on any atom is -0.377 e. The monoisotopic (exact) mass is 234 g/mol. The van der Waals surface area contributed by atoms with Gasteiger partial charge in [-0.05, 0) is 41.0 Å². The van der Waals surface area contributed by atoms with E-state index in [2.05, 4.69) is 27.3 Å². The summed E-state index contributed by atoms with van der Waals surface area (Å²) in [5.41, 5.74) is 5.35. The number of anilines is 1. The molecule has 0 spiro atoms. The third-order valence-electron chi connectivity index (χ3n) is 1.25. The first-order chi connectivity index (χ1) is 5.33. The Morgan fingerprint density at radius 3 is 2.91 bits per heavy atom. The van der Waals surface area contributed by atoms with Gasteiger partial charge in [0.25, 0.3) is 0 Å². The number of nitrogens with two attached hydrogens (primary N) is 1. The molecule has 0 unspecified atom stereocenters. The average molecular weight is 235 g/mol. The zero-order valence-electron chi connectivity index (χ0n) is 6.14. The number of nitrogens with one attached hydrogen (secondary N) is 1. The second-order valence-corrected chi connectivity index (χ2v) is 4.64. The van der Waals surface area contributed by atoms with E-state index in [1.165, 1.54) is 5.00 Å². The fraction of sp³-hybridized carbons (Fsp3) is 0.429. The summed E-state index contributed by atoms with van der Waals surface area (Å²) in [7, 11) is 0. The molecule has 0 amide bonds. The van der Waals surface area contributed by atoms with Crippen molar-refractivity contribution in [3.8, 4) is 0 Å². The molecule has 0 fully saturated rings. The summed E-state index contributed by atoms with van der Waals surface area (Å²) in [4.78, 5) is 0. The van der Waals surface area contributed by atoms with Crippen molar-refractivity contribution in [3.63, 3.8) is 0 Å². The van der Waals surface area contributed by atoms with E-state index in [1.54, 1.807) is 11.3 Å². The molecular weight excluding hydrogens is 224 g/mol. The zero-order valence-corrected chi connectivity index (χ0v) is 8.54. The fourth-order valence-corrected chi connectivity index (χ4v) is 2.03. The van der Waals surface area contributed by atoms with Crippen LogP contribution >= 0.6 is 27.3 Å². The molecule has 0 aromatic carbocycles. The summed E-state index contributed by atoms with van der Waals surface area (Å²) < 4.78 is 1.16. The molecule has 0 saturated heterocycles. The van der Waals surface area contributed by atoms with Gasteiger partial charge in [0.1, 0.15) is 0 Å². The molecule has 0 bridgehead atoms. The Balaban J connectivity index is 2.27. The summed E-state index contributed by atoms with van der Waals surface area (Å²) in [6, 6.07) is 4.10.